The predicted molar refractivity (Wildman–Crippen MR) is 158 cm³/mol. The zero-order valence-electron chi connectivity index (χ0n) is 24.0. The Labute approximate surface area is 242 Å². The van der Waals surface area contributed by atoms with Crippen molar-refractivity contribution in [2.45, 2.75) is 58.0 Å². The Kier molecular flexibility index (Phi) is 11.3. The first-order valence-electron chi connectivity index (χ1n) is 13.7. The normalized spacial score (nSPS) is 11.9. The number of nitrogens with one attached hydrogen (secondary N) is 1. The van der Waals surface area contributed by atoms with Crippen LogP contribution in [0.1, 0.15) is 44.7 Å². The number of nitrogens with zero attached hydrogens (tertiary/aromatic N) is 2. The lowest BCUT2D eigenvalue weighted by atomic mass is 10.1. The highest BCUT2D eigenvalue weighted by atomic mass is 32.2. The van der Waals surface area contributed by atoms with Crippen LogP contribution >= 0.6 is 0 Å². The molecule has 0 saturated carbocycles. The van der Waals surface area contributed by atoms with E-state index in [9.17, 15) is 22.4 Å². The molecular formula is C31H38FN3O5S. The van der Waals surface area contributed by atoms with Crippen LogP contribution in [0, 0.1) is 12.7 Å². The first-order valence-corrected chi connectivity index (χ1v) is 15.1. The molecule has 0 saturated heterocycles. The molecule has 0 spiro atoms. The molecule has 0 aliphatic heterocycles. The predicted octanol–water partition coefficient (Wildman–Crippen LogP) is 5.06. The van der Waals surface area contributed by atoms with Gasteiger partial charge in [0.15, 0.2) is 0 Å². The van der Waals surface area contributed by atoms with Crippen LogP contribution in [-0.4, -0.2) is 50.9 Å². The Morgan fingerprint density at radius 3 is 2.24 bits per heavy atom. The third kappa shape index (κ3) is 8.29. The second kappa shape index (κ2) is 14.6. The third-order valence-electron chi connectivity index (χ3n) is 6.62. The molecule has 3 aromatic rings. The molecule has 0 unspecified atom stereocenters. The molecule has 3 rings (SSSR count). The van der Waals surface area contributed by atoms with Gasteiger partial charge in [-0.2, -0.15) is 0 Å². The molecular weight excluding hydrogens is 545 g/mol. The smallest absolute Gasteiger partial charge is 0.264 e. The van der Waals surface area contributed by atoms with Gasteiger partial charge in [0.25, 0.3) is 10.0 Å². The van der Waals surface area contributed by atoms with Gasteiger partial charge < -0.3 is 15.0 Å². The minimum atomic E-state index is -4.22. The number of rotatable bonds is 14. The molecule has 1 atom stereocenters. The van der Waals surface area contributed by atoms with Gasteiger partial charge in [-0.1, -0.05) is 49.2 Å². The van der Waals surface area contributed by atoms with Crippen LogP contribution in [-0.2, 0) is 26.2 Å². The van der Waals surface area contributed by atoms with Crippen molar-refractivity contribution in [3.8, 4) is 5.75 Å². The zero-order valence-corrected chi connectivity index (χ0v) is 24.8. The quantitative estimate of drug-likeness (QED) is 0.268. The van der Waals surface area contributed by atoms with Crippen molar-refractivity contribution in [1.29, 1.82) is 0 Å². The van der Waals surface area contributed by atoms with Crippen LogP contribution in [0.2, 0.25) is 0 Å². The second-order valence-corrected chi connectivity index (χ2v) is 11.5. The summed E-state index contributed by atoms with van der Waals surface area (Å²) >= 11 is 0. The molecule has 0 bridgehead atoms. The van der Waals surface area contributed by atoms with Crippen LogP contribution in [0.25, 0.3) is 0 Å². The number of hydrogen-bond acceptors (Lipinski definition) is 5. The Balaban J connectivity index is 2.00. The van der Waals surface area contributed by atoms with E-state index in [4.69, 9.17) is 4.74 Å². The summed E-state index contributed by atoms with van der Waals surface area (Å²) in [6.07, 6.45) is 1.64. The molecule has 3 aromatic carbocycles. The summed E-state index contributed by atoms with van der Waals surface area (Å²) in [5.41, 5.74) is 1.41. The van der Waals surface area contributed by atoms with Crippen LogP contribution in [0.4, 0.5) is 10.1 Å². The van der Waals surface area contributed by atoms with Gasteiger partial charge >= 0.3 is 0 Å². The molecule has 2 amide bonds. The lowest BCUT2D eigenvalue weighted by Gasteiger charge is -2.32. The van der Waals surface area contributed by atoms with E-state index in [0.29, 0.717) is 18.9 Å². The molecule has 0 fully saturated rings. The number of amides is 2. The highest BCUT2D eigenvalue weighted by molar-refractivity contribution is 7.92. The Hall–Kier alpha value is -3.92. The van der Waals surface area contributed by atoms with E-state index >= 15 is 0 Å². The van der Waals surface area contributed by atoms with E-state index in [1.165, 1.54) is 35.2 Å². The number of hydrogen-bond donors (Lipinski definition) is 1. The third-order valence-corrected chi connectivity index (χ3v) is 8.41. The SMILES string of the molecule is CCCCNC(=O)[C@@H](C)N(Cc1ccccc1F)C(=O)CN(c1ccc(C)cc1)S(=O)(=O)c1ccc(OCC)cc1. The lowest BCUT2D eigenvalue weighted by molar-refractivity contribution is -0.139. The van der Waals surface area contributed by atoms with Crippen LogP contribution in [0.5, 0.6) is 5.75 Å². The van der Waals surface area contributed by atoms with Crippen molar-refractivity contribution in [2.24, 2.45) is 0 Å². The summed E-state index contributed by atoms with van der Waals surface area (Å²) in [6, 6.07) is 17.7. The Morgan fingerprint density at radius 1 is 0.976 bits per heavy atom. The van der Waals surface area contributed by atoms with E-state index in [-0.39, 0.29) is 22.7 Å². The van der Waals surface area contributed by atoms with E-state index in [1.54, 1.807) is 49.4 Å². The average Bonchev–Trinajstić information content (AvgIpc) is 2.96. The first-order chi connectivity index (χ1) is 19.6. The fraction of sp³-hybridized carbons (Fsp3) is 0.355. The number of carbonyl (C=O) groups excluding carboxylic acids is 2. The molecule has 220 valence electrons. The maximum Gasteiger partial charge on any atom is 0.264 e. The molecule has 41 heavy (non-hydrogen) atoms. The molecule has 0 radical (unpaired) electrons. The van der Waals surface area contributed by atoms with Crippen molar-refractivity contribution in [3.63, 3.8) is 0 Å². The molecule has 0 aliphatic carbocycles. The molecule has 0 aromatic heterocycles. The number of benzene rings is 3. The number of aryl methyl sites for hydroxylation is 1. The van der Waals surface area contributed by atoms with E-state index < -0.39 is 40.2 Å². The summed E-state index contributed by atoms with van der Waals surface area (Å²) in [6.45, 7) is 7.30. The minimum absolute atomic E-state index is 0.0275. The van der Waals surface area contributed by atoms with Gasteiger partial charge in [0.05, 0.1) is 17.2 Å². The molecule has 10 heteroatoms. The molecule has 0 heterocycles. The number of ether oxygens (including phenoxy) is 1. The fourth-order valence-corrected chi connectivity index (χ4v) is 5.58. The van der Waals surface area contributed by atoms with Crippen molar-refractivity contribution in [2.75, 3.05) is 24.0 Å². The van der Waals surface area contributed by atoms with Gasteiger partial charge in [0, 0.05) is 18.7 Å². The summed E-state index contributed by atoms with van der Waals surface area (Å²) < 4.78 is 48.9. The summed E-state index contributed by atoms with van der Waals surface area (Å²) in [5.74, 6) is -1.06. The topological polar surface area (TPSA) is 96.0 Å². The van der Waals surface area contributed by atoms with Crippen LogP contribution in [0.15, 0.2) is 77.7 Å². The summed E-state index contributed by atoms with van der Waals surface area (Å²) in [7, 11) is -4.22. The van der Waals surface area contributed by atoms with Crippen molar-refractivity contribution >= 4 is 27.5 Å². The Bertz CT molecular complexity index is 1410. The number of halogens is 1. The second-order valence-electron chi connectivity index (χ2n) is 9.69. The lowest BCUT2D eigenvalue weighted by Crippen LogP contribution is -2.51. The van der Waals surface area contributed by atoms with Crippen molar-refractivity contribution < 1.29 is 27.1 Å². The highest BCUT2D eigenvalue weighted by Gasteiger charge is 2.32. The molecule has 1 N–H and O–H groups in total. The van der Waals surface area contributed by atoms with E-state index in [1.807, 2.05) is 20.8 Å². The molecule has 8 nitrogen and oxygen atoms in total. The standard InChI is InChI=1S/C31H38FN3O5S/c1-5-7-20-33-31(37)24(4)34(21-25-10-8-9-11-29(25)32)30(36)22-35(26-14-12-23(3)13-15-26)41(38,39)28-18-16-27(17-19-28)40-6-2/h8-19,24H,5-7,20-22H2,1-4H3,(H,33,37)/t24-/m1/s1. The van der Waals surface area contributed by atoms with Gasteiger partial charge in [0.2, 0.25) is 11.8 Å². The Morgan fingerprint density at radius 2 is 1.63 bits per heavy atom. The maximum absolute atomic E-state index is 14.6. The minimum Gasteiger partial charge on any atom is -0.494 e. The van der Waals surface area contributed by atoms with Crippen LogP contribution < -0.4 is 14.4 Å². The zero-order chi connectivity index (χ0) is 30.0. The largest absolute Gasteiger partial charge is 0.494 e. The van der Waals surface area contributed by atoms with Gasteiger partial charge in [-0.25, -0.2) is 12.8 Å². The monoisotopic (exact) mass is 583 g/mol. The van der Waals surface area contributed by atoms with E-state index in [0.717, 1.165) is 22.7 Å². The number of sulfonamides is 1. The van der Waals surface area contributed by atoms with Gasteiger partial charge in [0.1, 0.15) is 24.2 Å². The summed E-state index contributed by atoms with van der Waals surface area (Å²) in [5, 5.41) is 2.81. The average molecular weight is 584 g/mol. The number of anilines is 1. The van der Waals surface area contributed by atoms with Gasteiger partial charge in [-0.3, -0.25) is 13.9 Å². The van der Waals surface area contributed by atoms with Crippen molar-refractivity contribution in [1.82, 2.24) is 10.2 Å². The number of unbranched alkanes of at least 4 members (excludes halogenated alkanes) is 1. The molecule has 0 aliphatic rings. The van der Waals surface area contributed by atoms with Crippen molar-refractivity contribution in [3.05, 3.63) is 89.7 Å². The maximum atomic E-state index is 14.6. The van der Waals surface area contributed by atoms with Crippen LogP contribution in [0.3, 0.4) is 0 Å². The fourth-order valence-electron chi connectivity index (χ4n) is 4.17. The number of carbonyl (C=O) groups is 2. The highest BCUT2D eigenvalue weighted by Crippen LogP contribution is 2.26. The van der Waals surface area contributed by atoms with E-state index in [2.05, 4.69) is 5.32 Å². The van der Waals surface area contributed by atoms with Gasteiger partial charge in [-0.15, -0.1) is 0 Å². The van der Waals surface area contributed by atoms with Gasteiger partial charge in [-0.05, 0) is 69.7 Å². The summed E-state index contributed by atoms with van der Waals surface area (Å²) in [4.78, 5) is 28.1. The first kappa shape index (κ1) is 31.6.